The molecular weight excluding hydrogens is 300 g/mol. The molecule has 5 nitrogen and oxygen atoms in total. The van der Waals surface area contributed by atoms with Crippen molar-refractivity contribution in [3.05, 3.63) is 35.4 Å². The minimum Gasteiger partial charge on any atom is -0.302 e. The van der Waals surface area contributed by atoms with Crippen LogP contribution in [0.3, 0.4) is 0 Å². The van der Waals surface area contributed by atoms with Crippen LogP contribution in [0.5, 0.6) is 0 Å². The number of hydrogen-bond donors (Lipinski definition) is 1. The zero-order chi connectivity index (χ0) is 17.1. The molecule has 0 aliphatic carbocycles. The van der Waals surface area contributed by atoms with Gasteiger partial charge in [0.05, 0.1) is 18.3 Å². The fourth-order valence-electron chi connectivity index (χ4n) is 3.70. The first kappa shape index (κ1) is 17.8. The standard InChI is InChI=1S/C19H32N4O/c1-5-23-18(12-15(2)24-23)17-8-6-16(7-9-17)13-20-19-14-21(3)10-11-22(19)4/h6-9,15,18-20H,5,10-14H2,1-4H3. The van der Waals surface area contributed by atoms with E-state index in [1.165, 1.54) is 11.1 Å². The van der Waals surface area contributed by atoms with Crippen molar-refractivity contribution in [2.75, 3.05) is 40.3 Å². The Balaban J connectivity index is 1.56. The molecule has 5 heteroatoms. The molecule has 2 aliphatic heterocycles. The second-order valence-corrected chi connectivity index (χ2v) is 7.28. The number of nitrogens with zero attached hydrogens (tertiary/aromatic N) is 3. The Morgan fingerprint density at radius 3 is 2.62 bits per heavy atom. The fourth-order valence-corrected chi connectivity index (χ4v) is 3.70. The smallest absolute Gasteiger partial charge is 0.0784 e. The summed E-state index contributed by atoms with van der Waals surface area (Å²) in [6, 6.07) is 9.44. The summed E-state index contributed by atoms with van der Waals surface area (Å²) in [5, 5.41) is 5.80. The Morgan fingerprint density at radius 1 is 1.17 bits per heavy atom. The van der Waals surface area contributed by atoms with E-state index in [9.17, 15) is 0 Å². The highest BCUT2D eigenvalue weighted by Gasteiger charge is 2.30. The predicted octanol–water partition coefficient (Wildman–Crippen LogP) is 2.07. The van der Waals surface area contributed by atoms with E-state index in [4.69, 9.17) is 4.84 Å². The highest BCUT2D eigenvalue weighted by Crippen LogP contribution is 2.33. The summed E-state index contributed by atoms with van der Waals surface area (Å²) in [4.78, 5) is 10.7. The molecule has 3 rings (SSSR count). The molecule has 1 aromatic rings. The normalized spacial score (nSPS) is 30.1. The van der Waals surface area contributed by atoms with Gasteiger partial charge in [0.25, 0.3) is 0 Å². The molecule has 3 unspecified atom stereocenters. The molecular formula is C19H32N4O. The van der Waals surface area contributed by atoms with E-state index in [2.05, 4.69) is 72.4 Å². The van der Waals surface area contributed by atoms with Crippen molar-refractivity contribution in [3.8, 4) is 0 Å². The third-order valence-corrected chi connectivity index (χ3v) is 5.29. The molecule has 24 heavy (non-hydrogen) atoms. The summed E-state index contributed by atoms with van der Waals surface area (Å²) in [6.07, 6.45) is 1.82. The molecule has 134 valence electrons. The lowest BCUT2D eigenvalue weighted by atomic mass is 10.0. The summed E-state index contributed by atoms with van der Waals surface area (Å²) in [5.74, 6) is 0. The minimum atomic E-state index is 0.315. The molecule has 2 aliphatic rings. The van der Waals surface area contributed by atoms with Crippen LogP contribution in [0.4, 0.5) is 0 Å². The van der Waals surface area contributed by atoms with E-state index in [1.54, 1.807) is 0 Å². The topological polar surface area (TPSA) is 31.0 Å². The number of hydrogen-bond acceptors (Lipinski definition) is 5. The first-order valence-electron chi connectivity index (χ1n) is 9.21. The monoisotopic (exact) mass is 332 g/mol. The summed E-state index contributed by atoms with van der Waals surface area (Å²) in [6.45, 7) is 9.51. The van der Waals surface area contributed by atoms with Crippen molar-refractivity contribution in [2.45, 2.75) is 45.1 Å². The van der Waals surface area contributed by atoms with Gasteiger partial charge in [0.2, 0.25) is 0 Å². The lowest BCUT2D eigenvalue weighted by Gasteiger charge is -2.38. The number of hydroxylamine groups is 2. The van der Waals surface area contributed by atoms with E-state index in [0.29, 0.717) is 18.3 Å². The van der Waals surface area contributed by atoms with Crippen molar-refractivity contribution in [1.82, 2.24) is 20.2 Å². The van der Waals surface area contributed by atoms with Gasteiger partial charge < -0.3 is 4.90 Å². The molecule has 0 spiro atoms. The molecule has 1 aromatic carbocycles. The highest BCUT2D eigenvalue weighted by molar-refractivity contribution is 5.25. The largest absolute Gasteiger partial charge is 0.302 e. The Kier molecular flexibility index (Phi) is 5.89. The molecule has 0 aromatic heterocycles. The molecule has 0 bridgehead atoms. The van der Waals surface area contributed by atoms with Crippen LogP contribution in [0.1, 0.15) is 37.4 Å². The van der Waals surface area contributed by atoms with Gasteiger partial charge in [-0.2, -0.15) is 5.06 Å². The summed E-state index contributed by atoms with van der Waals surface area (Å²) >= 11 is 0. The average Bonchev–Trinajstić information content (AvgIpc) is 2.97. The average molecular weight is 332 g/mol. The second kappa shape index (κ2) is 7.93. The van der Waals surface area contributed by atoms with Gasteiger partial charge in [-0.25, -0.2) is 0 Å². The number of piperazine rings is 1. The van der Waals surface area contributed by atoms with E-state index < -0.39 is 0 Å². The quantitative estimate of drug-likeness (QED) is 0.892. The fraction of sp³-hybridized carbons (Fsp3) is 0.684. The first-order chi connectivity index (χ1) is 11.6. The van der Waals surface area contributed by atoms with E-state index in [1.807, 2.05) is 0 Å². The number of nitrogens with one attached hydrogen (secondary N) is 1. The van der Waals surface area contributed by atoms with Crippen LogP contribution in [-0.4, -0.2) is 67.4 Å². The minimum absolute atomic E-state index is 0.315. The van der Waals surface area contributed by atoms with Gasteiger partial charge >= 0.3 is 0 Å². The molecule has 0 radical (unpaired) electrons. The summed E-state index contributed by atoms with van der Waals surface area (Å²) < 4.78 is 0. The highest BCUT2D eigenvalue weighted by atomic mass is 16.7. The van der Waals surface area contributed by atoms with Gasteiger partial charge in [0, 0.05) is 32.7 Å². The lowest BCUT2D eigenvalue weighted by molar-refractivity contribution is -0.155. The van der Waals surface area contributed by atoms with Crippen LogP contribution >= 0.6 is 0 Å². The summed E-state index contributed by atoms with van der Waals surface area (Å²) in [7, 11) is 4.40. The zero-order valence-corrected chi connectivity index (χ0v) is 15.5. The Bertz CT molecular complexity index is 521. The van der Waals surface area contributed by atoms with Crippen molar-refractivity contribution in [1.29, 1.82) is 0 Å². The van der Waals surface area contributed by atoms with Crippen molar-refractivity contribution >= 4 is 0 Å². The lowest BCUT2D eigenvalue weighted by Crippen LogP contribution is -2.56. The van der Waals surface area contributed by atoms with Gasteiger partial charge in [-0.15, -0.1) is 0 Å². The van der Waals surface area contributed by atoms with Gasteiger partial charge in [-0.1, -0.05) is 31.2 Å². The van der Waals surface area contributed by atoms with Crippen LogP contribution in [0.2, 0.25) is 0 Å². The maximum absolute atomic E-state index is 5.87. The Hall–Kier alpha value is -0.980. The van der Waals surface area contributed by atoms with Crippen LogP contribution in [0.15, 0.2) is 24.3 Å². The van der Waals surface area contributed by atoms with Crippen LogP contribution in [0.25, 0.3) is 0 Å². The molecule has 0 saturated carbocycles. The number of rotatable bonds is 5. The van der Waals surface area contributed by atoms with E-state index >= 15 is 0 Å². The molecule has 3 atom stereocenters. The maximum Gasteiger partial charge on any atom is 0.0784 e. The van der Waals surface area contributed by atoms with Gasteiger partial charge in [0.15, 0.2) is 0 Å². The number of benzene rings is 1. The Labute approximate surface area is 146 Å². The van der Waals surface area contributed by atoms with Crippen LogP contribution in [-0.2, 0) is 11.4 Å². The zero-order valence-electron chi connectivity index (χ0n) is 15.5. The van der Waals surface area contributed by atoms with Crippen LogP contribution in [0, 0.1) is 0 Å². The van der Waals surface area contributed by atoms with E-state index in [-0.39, 0.29) is 0 Å². The number of likely N-dealkylation sites (N-methyl/N-ethyl adjacent to an activating group) is 2. The Morgan fingerprint density at radius 2 is 1.92 bits per heavy atom. The third-order valence-electron chi connectivity index (χ3n) is 5.29. The molecule has 1 N–H and O–H groups in total. The maximum atomic E-state index is 5.87. The predicted molar refractivity (Wildman–Crippen MR) is 97.5 cm³/mol. The third kappa shape index (κ3) is 4.16. The molecule has 2 fully saturated rings. The van der Waals surface area contributed by atoms with Crippen LogP contribution < -0.4 is 5.32 Å². The van der Waals surface area contributed by atoms with Gasteiger partial charge in [-0.3, -0.25) is 15.1 Å². The SMILES string of the molecule is CCN1OC(C)CC1c1ccc(CNC2CN(C)CCN2C)cc1. The van der Waals surface area contributed by atoms with Gasteiger partial charge in [0.1, 0.15) is 0 Å². The molecule has 2 heterocycles. The summed E-state index contributed by atoms with van der Waals surface area (Å²) in [5.41, 5.74) is 2.70. The van der Waals surface area contributed by atoms with Crippen molar-refractivity contribution in [3.63, 3.8) is 0 Å². The van der Waals surface area contributed by atoms with Crippen molar-refractivity contribution < 1.29 is 4.84 Å². The molecule has 2 saturated heterocycles. The second-order valence-electron chi connectivity index (χ2n) is 7.28. The van der Waals surface area contributed by atoms with Gasteiger partial charge in [-0.05, 0) is 38.6 Å². The van der Waals surface area contributed by atoms with E-state index in [0.717, 1.165) is 39.1 Å². The first-order valence-corrected chi connectivity index (χ1v) is 9.21. The molecule has 0 amide bonds. The van der Waals surface area contributed by atoms with Crippen molar-refractivity contribution in [2.24, 2.45) is 0 Å².